The fourth-order valence-electron chi connectivity index (χ4n) is 3.04. The molecule has 0 saturated carbocycles. The molecule has 0 spiro atoms. The number of nitrogens with one attached hydrogen (secondary N) is 1. The van der Waals surface area contributed by atoms with Gasteiger partial charge in [0.15, 0.2) is 5.78 Å². The van der Waals surface area contributed by atoms with Crippen molar-refractivity contribution in [1.29, 1.82) is 0 Å². The number of hydrogen-bond acceptors (Lipinski definition) is 5. The summed E-state index contributed by atoms with van der Waals surface area (Å²) in [5.74, 6) is 0.745. The number of carbonyl (C=O) groups excluding carboxylic acids is 1. The molecule has 0 unspecified atom stereocenters. The van der Waals surface area contributed by atoms with Crippen LogP contribution >= 0.6 is 11.3 Å². The Kier molecular flexibility index (Phi) is 6.19. The third-order valence-corrected chi connectivity index (χ3v) is 7.13. The zero-order valence-corrected chi connectivity index (χ0v) is 16.6. The van der Waals surface area contributed by atoms with Gasteiger partial charge in [0.1, 0.15) is 0 Å². The van der Waals surface area contributed by atoms with Gasteiger partial charge in [-0.3, -0.25) is 9.69 Å². The van der Waals surface area contributed by atoms with Crippen molar-refractivity contribution < 1.29 is 13.2 Å². The molecule has 6 nitrogen and oxygen atoms in total. The van der Waals surface area contributed by atoms with Gasteiger partial charge in [0.2, 0.25) is 0 Å². The molecular weight excluding hydrogens is 346 g/mol. The summed E-state index contributed by atoms with van der Waals surface area (Å²) in [5, 5.41) is 2.01. The minimum absolute atomic E-state index is 0.0874. The summed E-state index contributed by atoms with van der Waals surface area (Å²) in [6, 6.07) is 1.85. The summed E-state index contributed by atoms with van der Waals surface area (Å²) in [4.78, 5) is 14.5. The van der Waals surface area contributed by atoms with Crippen molar-refractivity contribution in [3.63, 3.8) is 0 Å². The number of Topliss-reactive ketones (excluding diaryl/α,β-unsaturated/α-hetero) is 1. The molecule has 0 amide bonds. The normalized spacial score (nSPS) is 22.6. The summed E-state index contributed by atoms with van der Waals surface area (Å²) in [5.41, 5.74) is 1.11. The minimum Gasteiger partial charge on any atom is -0.297 e. The van der Waals surface area contributed by atoms with E-state index < -0.39 is 10.2 Å². The van der Waals surface area contributed by atoms with Gasteiger partial charge in [-0.25, -0.2) is 0 Å². The van der Waals surface area contributed by atoms with Gasteiger partial charge in [0, 0.05) is 39.8 Å². The molecule has 136 valence electrons. The number of thiophene rings is 1. The van der Waals surface area contributed by atoms with Crippen LogP contribution in [0.25, 0.3) is 0 Å². The first-order valence-corrected chi connectivity index (χ1v) is 10.4. The molecule has 0 bridgehead atoms. The second kappa shape index (κ2) is 7.61. The van der Waals surface area contributed by atoms with Crippen LogP contribution in [0.5, 0.6) is 0 Å². The molecule has 1 aromatic heterocycles. The van der Waals surface area contributed by atoms with Crippen LogP contribution in [0.2, 0.25) is 0 Å². The Morgan fingerprint density at radius 2 is 2.08 bits per heavy atom. The lowest BCUT2D eigenvalue weighted by Gasteiger charge is -2.24. The van der Waals surface area contributed by atoms with E-state index in [2.05, 4.69) is 23.5 Å². The molecule has 8 heteroatoms. The van der Waals surface area contributed by atoms with Gasteiger partial charge in [0.05, 0.1) is 4.88 Å². The average molecular weight is 374 g/mol. The molecule has 1 aliphatic rings. The molecular formula is C16H27N3O3S2. The Bertz CT molecular complexity index is 682. The van der Waals surface area contributed by atoms with Gasteiger partial charge in [0.25, 0.3) is 10.2 Å². The van der Waals surface area contributed by atoms with Crippen molar-refractivity contribution in [3.8, 4) is 0 Å². The van der Waals surface area contributed by atoms with E-state index in [1.54, 1.807) is 6.92 Å². The average Bonchev–Trinajstić information content (AvgIpc) is 3.06. The Morgan fingerprint density at radius 3 is 2.58 bits per heavy atom. The first-order valence-electron chi connectivity index (χ1n) is 8.10. The third kappa shape index (κ3) is 4.64. The van der Waals surface area contributed by atoms with Gasteiger partial charge in [-0.05, 0) is 35.8 Å². The summed E-state index contributed by atoms with van der Waals surface area (Å²) in [7, 11) is -0.366. The van der Waals surface area contributed by atoms with E-state index in [4.69, 9.17) is 0 Å². The predicted octanol–water partition coefficient (Wildman–Crippen LogP) is 1.80. The molecule has 1 fully saturated rings. The van der Waals surface area contributed by atoms with Crippen LogP contribution < -0.4 is 4.72 Å². The van der Waals surface area contributed by atoms with Crippen molar-refractivity contribution in [2.24, 2.45) is 11.8 Å². The summed E-state index contributed by atoms with van der Waals surface area (Å²) >= 11 is 1.47. The fourth-order valence-corrected chi connectivity index (χ4v) is 4.69. The van der Waals surface area contributed by atoms with Crippen LogP contribution in [-0.2, 0) is 16.8 Å². The topological polar surface area (TPSA) is 69.7 Å². The highest BCUT2D eigenvalue weighted by atomic mass is 32.2. The highest BCUT2D eigenvalue weighted by Crippen LogP contribution is 2.27. The first-order chi connectivity index (χ1) is 11.1. The fraction of sp³-hybridized carbons (Fsp3) is 0.688. The van der Waals surface area contributed by atoms with E-state index in [1.807, 2.05) is 11.4 Å². The zero-order valence-electron chi connectivity index (χ0n) is 14.9. The smallest absolute Gasteiger partial charge is 0.279 e. The second-order valence-corrected chi connectivity index (χ2v) is 9.82. The monoisotopic (exact) mass is 373 g/mol. The number of carbonyl (C=O) groups is 1. The summed E-state index contributed by atoms with van der Waals surface area (Å²) in [6.45, 7) is 8.11. The molecule has 0 aliphatic carbocycles. The van der Waals surface area contributed by atoms with E-state index >= 15 is 0 Å². The molecule has 2 heterocycles. The van der Waals surface area contributed by atoms with Crippen molar-refractivity contribution >= 4 is 27.3 Å². The van der Waals surface area contributed by atoms with Crippen molar-refractivity contribution in [2.75, 3.05) is 27.2 Å². The summed E-state index contributed by atoms with van der Waals surface area (Å²) in [6.07, 6.45) is 0. The standard InChI is InChI=1S/C16H27N3O3S2/c1-11(2)14-8-19(7-13-6-16(12(3)20)23-10-13)9-15(14)17-24(21,22)18(4)5/h6,10-11,14-15,17H,7-9H2,1-5H3/t14-,15+/m0/s1. The molecule has 1 aromatic rings. The molecule has 0 aromatic carbocycles. The first kappa shape index (κ1) is 19.5. The molecule has 2 atom stereocenters. The SMILES string of the molecule is CC(=O)c1cc(CN2C[C@@H](NS(=O)(=O)N(C)C)[C@H](C(C)C)C2)cs1. The largest absolute Gasteiger partial charge is 0.297 e. The number of nitrogens with zero attached hydrogens (tertiary/aromatic N) is 2. The quantitative estimate of drug-likeness (QED) is 0.740. The molecule has 2 rings (SSSR count). The molecule has 1 saturated heterocycles. The van der Waals surface area contributed by atoms with Crippen LogP contribution in [0, 0.1) is 11.8 Å². The maximum absolute atomic E-state index is 12.2. The van der Waals surface area contributed by atoms with E-state index in [1.165, 1.54) is 29.7 Å². The van der Waals surface area contributed by atoms with Crippen LogP contribution in [0.1, 0.15) is 36.0 Å². The van der Waals surface area contributed by atoms with E-state index in [0.717, 1.165) is 23.5 Å². The number of rotatable bonds is 7. The predicted molar refractivity (Wildman–Crippen MR) is 97.5 cm³/mol. The summed E-state index contributed by atoms with van der Waals surface area (Å²) < 4.78 is 28.4. The minimum atomic E-state index is -3.44. The van der Waals surface area contributed by atoms with E-state index in [0.29, 0.717) is 12.5 Å². The lowest BCUT2D eigenvalue weighted by molar-refractivity contribution is 0.102. The second-order valence-electron chi connectivity index (χ2n) is 6.99. The zero-order chi connectivity index (χ0) is 18.1. The Balaban J connectivity index is 2.07. The highest BCUT2D eigenvalue weighted by molar-refractivity contribution is 7.87. The van der Waals surface area contributed by atoms with Gasteiger partial charge in [-0.15, -0.1) is 11.3 Å². The lowest BCUT2D eigenvalue weighted by Crippen LogP contribution is -2.46. The van der Waals surface area contributed by atoms with Gasteiger partial charge in [-0.2, -0.15) is 17.4 Å². The Morgan fingerprint density at radius 1 is 1.42 bits per heavy atom. The molecule has 1 N–H and O–H groups in total. The van der Waals surface area contributed by atoms with E-state index in [-0.39, 0.29) is 17.7 Å². The Hall–Kier alpha value is -0.800. The highest BCUT2D eigenvalue weighted by Gasteiger charge is 2.37. The third-order valence-electron chi connectivity index (χ3n) is 4.48. The number of hydrogen-bond donors (Lipinski definition) is 1. The van der Waals surface area contributed by atoms with Crippen LogP contribution in [0.15, 0.2) is 11.4 Å². The van der Waals surface area contributed by atoms with Gasteiger partial charge < -0.3 is 0 Å². The Labute approximate surface area is 149 Å². The van der Waals surface area contributed by atoms with Crippen molar-refractivity contribution in [3.05, 3.63) is 21.9 Å². The van der Waals surface area contributed by atoms with E-state index in [9.17, 15) is 13.2 Å². The molecule has 24 heavy (non-hydrogen) atoms. The van der Waals surface area contributed by atoms with Crippen molar-refractivity contribution in [1.82, 2.24) is 13.9 Å². The van der Waals surface area contributed by atoms with Crippen LogP contribution in [0.4, 0.5) is 0 Å². The number of ketones is 1. The lowest BCUT2D eigenvalue weighted by atomic mass is 9.92. The number of likely N-dealkylation sites (tertiary alicyclic amines) is 1. The maximum atomic E-state index is 12.2. The van der Waals surface area contributed by atoms with Crippen molar-refractivity contribution in [2.45, 2.75) is 33.4 Å². The van der Waals surface area contributed by atoms with Crippen LogP contribution in [-0.4, -0.2) is 56.6 Å². The van der Waals surface area contributed by atoms with Gasteiger partial charge >= 0.3 is 0 Å². The molecule has 0 radical (unpaired) electrons. The van der Waals surface area contributed by atoms with Gasteiger partial charge in [-0.1, -0.05) is 13.8 Å². The van der Waals surface area contributed by atoms with Crippen LogP contribution in [0.3, 0.4) is 0 Å². The maximum Gasteiger partial charge on any atom is 0.279 e. The molecule has 1 aliphatic heterocycles.